The first-order chi connectivity index (χ1) is 6.77. The molecular formula is C9H16Cl2N4. The van der Waals surface area contributed by atoms with Crippen molar-refractivity contribution >= 4 is 24.0 Å². The summed E-state index contributed by atoms with van der Waals surface area (Å²) in [6.07, 6.45) is 1.71. The Hall–Kier alpha value is -0.290. The molecule has 6 heteroatoms. The van der Waals surface area contributed by atoms with Gasteiger partial charge < -0.3 is 5.32 Å². The smallest absolute Gasteiger partial charge is 0.0831 e. The fourth-order valence-corrected chi connectivity index (χ4v) is 1.92. The predicted molar refractivity (Wildman–Crippen MR) is 63.6 cm³/mol. The zero-order chi connectivity index (χ0) is 9.97. The van der Waals surface area contributed by atoms with Gasteiger partial charge in [0.25, 0.3) is 0 Å². The Bertz CT molecular complexity index is 288. The van der Waals surface area contributed by atoms with Gasteiger partial charge in [-0.25, -0.2) is 0 Å². The van der Waals surface area contributed by atoms with Gasteiger partial charge in [0.05, 0.1) is 16.9 Å². The molecule has 1 fully saturated rings. The highest BCUT2D eigenvalue weighted by molar-refractivity contribution is 6.31. The number of nitrogens with zero attached hydrogens (tertiary/aromatic N) is 3. The number of rotatable bonds is 2. The van der Waals surface area contributed by atoms with Crippen molar-refractivity contribution in [2.45, 2.75) is 6.54 Å². The third-order valence-corrected chi connectivity index (χ3v) is 2.91. The molecule has 1 N–H and O–H groups in total. The molecule has 1 aliphatic heterocycles. The normalized spacial score (nSPS) is 17.5. The van der Waals surface area contributed by atoms with Crippen molar-refractivity contribution < 1.29 is 0 Å². The van der Waals surface area contributed by atoms with E-state index in [-0.39, 0.29) is 12.4 Å². The summed E-state index contributed by atoms with van der Waals surface area (Å²) in [7, 11) is 1.93. The molecule has 0 radical (unpaired) electrons. The van der Waals surface area contributed by atoms with Crippen LogP contribution in [0.2, 0.25) is 5.02 Å². The molecule has 15 heavy (non-hydrogen) atoms. The van der Waals surface area contributed by atoms with Crippen molar-refractivity contribution in [3.05, 3.63) is 16.9 Å². The van der Waals surface area contributed by atoms with Gasteiger partial charge in [-0.2, -0.15) is 5.10 Å². The van der Waals surface area contributed by atoms with Crippen LogP contribution >= 0.6 is 24.0 Å². The van der Waals surface area contributed by atoms with Crippen LogP contribution in [0.3, 0.4) is 0 Å². The lowest BCUT2D eigenvalue weighted by molar-refractivity contribution is 0.228. The molecule has 1 saturated heterocycles. The second-order valence-electron chi connectivity index (χ2n) is 3.59. The summed E-state index contributed by atoms with van der Waals surface area (Å²) in [6.45, 7) is 5.20. The van der Waals surface area contributed by atoms with E-state index in [1.54, 1.807) is 6.20 Å². The number of aromatic nitrogens is 2. The summed E-state index contributed by atoms with van der Waals surface area (Å²) in [5.74, 6) is 0. The molecule has 0 amide bonds. The quantitative estimate of drug-likeness (QED) is 0.847. The lowest BCUT2D eigenvalue weighted by Gasteiger charge is -2.27. The first-order valence-electron chi connectivity index (χ1n) is 4.87. The van der Waals surface area contributed by atoms with E-state index in [0.717, 1.165) is 43.4 Å². The Morgan fingerprint density at radius 1 is 1.47 bits per heavy atom. The van der Waals surface area contributed by atoms with Crippen LogP contribution in [0.25, 0.3) is 0 Å². The molecule has 0 bridgehead atoms. The number of halogens is 2. The zero-order valence-electron chi connectivity index (χ0n) is 8.74. The van der Waals surface area contributed by atoms with Crippen molar-refractivity contribution in [2.75, 3.05) is 26.2 Å². The van der Waals surface area contributed by atoms with Gasteiger partial charge in [0.15, 0.2) is 0 Å². The Balaban J connectivity index is 0.00000112. The van der Waals surface area contributed by atoms with Gasteiger partial charge in [-0.1, -0.05) is 11.6 Å². The van der Waals surface area contributed by atoms with Gasteiger partial charge in [-0.3, -0.25) is 9.58 Å². The third kappa shape index (κ3) is 3.08. The second kappa shape index (κ2) is 5.70. The molecule has 1 aromatic rings. The molecule has 1 aromatic heterocycles. The van der Waals surface area contributed by atoms with Crippen molar-refractivity contribution in [3.8, 4) is 0 Å². The number of hydrogen-bond acceptors (Lipinski definition) is 3. The zero-order valence-corrected chi connectivity index (χ0v) is 10.3. The lowest BCUT2D eigenvalue weighted by Crippen LogP contribution is -2.43. The van der Waals surface area contributed by atoms with E-state index >= 15 is 0 Å². The monoisotopic (exact) mass is 250 g/mol. The van der Waals surface area contributed by atoms with Crippen molar-refractivity contribution in [1.29, 1.82) is 0 Å². The van der Waals surface area contributed by atoms with Crippen LogP contribution in [-0.2, 0) is 13.6 Å². The molecule has 2 rings (SSSR count). The van der Waals surface area contributed by atoms with Crippen molar-refractivity contribution in [1.82, 2.24) is 20.0 Å². The fraction of sp³-hybridized carbons (Fsp3) is 0.667. The van der Waals surface area contributed by atoms with Gasteiger partial charge >= 0.3 is 0 Å². The van der Waals surface area contributed by atoms with Gasteiger partial charge in [0.2, 0.25) is 0 Å². The van der Waals surface area contributed by atoms with Crippen LogP contribution in [0.1, 0.15) is 5.69 Å². The maximum atomic E-state index is 6.04. The summed E-state index contributed by atoms with van der Waals surface area (Å²) >= 11 is 6.04. The Kier molecular flexibility index (Phi) is 4.86. The molecule has 0 unspecified atom stereocenters. The summed E-state index contributed by atoms with van der Waals surface area (Å²) in [5, 5.41) is 8.22. The Morgan fingerprint density at radius 3 is 2.67 bits per heavy atom. The molecule has 86 valence electrons. The molecular weight excluding hydrogens is 235 g/mol. The van der Waals surface area contributed by atoms with Crippen LogP contribution in [-0.4, -0.2) is 40.9 Å². The van der Waals surface area contributed by atoms with Gasteiger partial charge in [-0.15, -0.1) is 12.4 Å². The fourth-order valence-electron chi connectivity index (χ4n) is 1.69. The van der Waals surface area contributed by atoms with Crippen LogP contribution in [0.4, 0.5) is 0 Å². The lowest BCUT2D eigenvalue weighted by atomic mass is 10.3. The third-order valence-electron chi connectivity index (χ3n) is 2.59. The predicted octanol–water partition coefficient (Wildman–Crippen LogP) is 0.900. The average molecular weight is 251 g/mol. The highest BCUT2D eigenvalue weighted by Crippen LogP contribution is 2.16. The standard InChI is InChI=1S/C9H15ClN4.ClH/c1-13-9(8(10)6-12-13)7-14-4-2-11-3-5-14;/h6,11H,2-5,7H2,1H3;1H. The topological polar surface area (TPSA) is 33.1 Å². The largest absolute Gasteiger partial charge is 0.314 e. The van der Waals surface area contributed by atoms with Crippen LogP contribution < -0.4 is 5.32 Å². The van der Waals surface area contributed by atoms with Gasteiger partial charge in [0, 0.05) is 39.8 Å². The Morgan fingerprint density at radius 2 is 2.13 bits per heavy atom. The summed E-state index contributed by atoms with van der Waals surface area (Å²) < 4.78 is 1.85. The van der Waals surface area contributed by atoms with Crippen LogP contribution in [0.5, 0.6) is 0 Å². The summed E-state index contributed by atoms with van der Waals surface area (Å²) in [5.41, 5.74) is 1.11. The number of hydrogen-bond donors (Lipinski definition) is 1. The highest BCUT2D eigenvalue weighted by atomic mass is 35.5. The van der Waals surface area contributed by atoms with E-state index in [2.05, 4.69) is 15.3 Å². The Labute approximate surface area is 101 Å². The number of aryl methyl sites for hydroxylation is 1. The van der Waals surface area contributed by atoms with Gasteiger partial charge in [-0.05, 0) is 0 Å². The van der Waals surface area contributed by atoms with E-state index in [0.29, 0.717) is 0 Å². The number of piperazine rings is 1. The molecule has 0 saturated carbocycles. The van der Waals surface area contributed by atoms with E-state index in [4.69, 9.17) is 11.6 Å². The second-order valence-corrected chi connectivity index (χ2v) is 4.00. The maximum Gasteiger partial charge on any atom is 0.0831 e. The summed E-state index contributed by atoms with van der Waals surface area (Å²) in [4.78, 5) is 2.39. The molecule has 2 heterocycles. The SMILES string of the molecule is Cl.Cn1ncc(Cl)c1CN1CCNCC1. The van der Waals surface area contributed by atoms with Gasteiger partial charge in [0.1, 0.15) is 0 Å². The first-order valence-corrected chi connectivity index (χ1v) is 5.24. The van der Waals surface area contributed by atoms with Crippen molar-refractivity contribution in [3.63, 3.8) is 0 Å². The molecule has 0 spiro atoms. The van der Waals surface area contributed by atoms with E-state index < -0.39 is 0 Å². The molecule has 0 aromatic carbocycles. The minimum atomic E-state index is 0. The molecule has 4 nitrogen and oxygen atoms in total. The minimum absolute atomic E-state index is 0. The first kappa shape index (κ1) is 12.8. The average Bonchev–Trinajstić information content (AvgIpc) is 2.51. The van der Waals surface area contributed by atoms with E-state index in [9.17, 15) is 0 Å². The highest BCUT2D eigenvalue weighted by Gasteiger charge is 2.14. The maximum absolute atomic E-state index is 6.04. The van der Waals surface area contributed by atoms with E-state index in [1.165, 1.54) is 0 Å². The van der Waals surface area contributed by atoms with Crippen LogP contribution in [0, 0.1) is 0 Å². The van der Waals surface area contributed by atoms with Crippen molar-refractivity contribution in [2.24, 2.45) is 7.05 Å². The van der Waals surface area contributed by atoms with E-state index in [1.807, 2.05) is 11.7 Å². The number of nitrogens with one attached hydrogen (secondary N) is 1. The minimum Gasteiger partial charge on any atom is -0.314 e. The molecule has 1 aliphatic rings. The molecule has 0 atom stereocenters. The molecule has 0 aliphatic carbocycles. The summed E-state index contributed by atoms with van der Waals surface area (Å²) in [6, 6.07) is 0. The van der Waals surface area contributed by atoms with Crippen LogP contribution in [0.15, 0.2) is 6.20 Å².